The number of aromatic nitrogens is 6. The fourth-order valence-electron chi connectivity index (χ4n) is 8.70. The summed E-state index contributed by atoms with van der Waals surface area (Å²) in [4.78, 5) is 34.1. The van der Waals surface area contributed by atoms with Crippen LogP contribution in [0.15, 0.2) is 71.5 Å². The number of amides is 1. The maximum absolute atomic E-state index is 15.5. The van der Waals surface area contributed by atoms with Crippen molar-refractivity contribution in [3.05, 3.63) is 133 Å². The predicted octanol–water partition coefficient (Wildman–Crippen LogP) is 8.65. The molecule has 3 aromatic heterocycles. The number of carbonyl (C=O) groups is 1. The number of hydrogen-bond donors (Lipinski definition) is 2. The second-order valence-electron chi connectivity index (χ2n) is 15.7. The van der Waals surface area contributed by atoms with Crippen molar-refractivity contribution in [3.63, 3.8) is 0 Å². The molecule has 7 aromatic rings. The highest BCUT2D eigenvalue weighted by atomic mass is 35.5. The standard InChI is InChI=1S/C42H32Cl2F6N8O4S/c1-18-10-21(43)5-7-24(18)20-4-6-25-29(14-20)52-40(58(41(25)60)31-9-8-28(44)34-36(31)56(2)54-39(34)55-63(3,61)62)30(13-19-11-22(45)15-23(46)12-19)51-32(59)17-57-37-33(35(53-57)38(47)48)26-16-27(26)42(37,49)50/h4-12,14-15,26-27,30,38H,13,16-17H2,1-3H3,(H,51,59)(H,54,55)/t26-,27+,30-/m0/s1. The number of aryl methyl sites for hydroxylation is 2. The number of alkyl halides is 4. The Labute approximate surface area is 363 Å². The second-order valence-corrected chi connectivity index (χ2v) is 18.3. The maximum Gasteiger partial charge on any atom is 0.293 e. The normalized spacial score (nSPS) is 17.0. The van der Waals surface area contributed by atoms with E-state index in [1.807, 2.05) is 6.92 Å². The molecule has 0 radical (unpaired) electrons. The average Bonchev–Trinajstić information content (AvgIpc) is 3.72. The molecule has 3 atom stereocenters. The van der Waals surface area contributed by atoms with Gasteiger partial charge in [-0.25, -0.2) is 31.0 Å². The van der Waals surface area contributed by atoms with Crippen molar-refractivity contribution in [3.8, 4) is 16.8 Å². The van der Waals surface area contributed by atoms with Crippen molar-refractivity contribution >= 4 is 66.8 Å². The summed E-state index contributed by atoms with van der Waals surface area (Å²) in [5.74, 6) is -9.02. The third-order valence-electron chi connectivity index (χ3n) is 11.3. The predicted molar refractivity (Wildman–Crippen MR) is 223 cm³/mol. The molecule has 0 saturated heterocycles. The molecule has 63 heavy (non-hydrogen) atoms. The van der Waals surface area contributed by atoms with E-state index in [2.05, 4.69) is 20.2 Å². The number of sulfonamides is 1. The minimum Gasteiger partial charge on any atom is -0.344 e. The fourth-order valence-corrected chi connectivity index (χ4v) is 9.66. The van der Waals surface area contributed by atoms with Gasteiger partial charge in [0.05, 0.1) is 44.8 Å². The van der Waals surface area contributed by atoms with Gasteiger partial charge in [-0.3, -0.25) is 28.2 Å². The van der Waals surface area contributed by atoms with Gasteiger partial charge in [0.2, 0.25) is 15.9 Å². The van der Waals surface area contributed by atoms with Crippen LogP contribution < -0.4 is 15.6 Å². The molecule has 12 nitrogen and oxygen atoms in total. The molecule has 0 aliphatic heterocycles. The number of anilines is 1. The topological polar surface area (TPSA) is 146 Å². The van der Waals surface area contributed by atoms with E-state index in [0.717, 1.165) is 34.1 Å². The lowest BCUT2D eigenvalue weighted by Crippen LogP contribution is -2.38. The van der Waals surface area contributed by atoms with E-state index >= 15 is 13.6 Å². The molecule has 2 aliphatic rings. The Bertz CT molecular complexity index is 3250. The number of benzene rings is 4. The molecule has 4 aromatic carbocycles. The number of fused-ring (bicyclic) bond motifs is 5. The Morgan fingerprint density at radius 1 is 1.00 bits per heavy atom. The van der Waals surface area contributed by atoms with Crippen LogP contribution in [0.1, 0.15) is 58.7 Å². The summed E-state index contributed by atoms with van der Waals surface area (Å²) >= 11 is 12.9. The summed E-state index contributed by atoms with van der Waals surface area (Å²) in [6, 6.07) is 13.9. The molecule has 0 spiro atoms. The molecule has 2 aliphatic carbocycles. The van der Waals surface area contributed by atoms with Crippen LogP contribution in [0.25, 0.3) is 38.6 Å². The van der Waals surface area contributed by atoms with Crippen LogP contribution in [0.5, 0.6) is 0 Å². The van der Waals surface area contributed by atoms with Gasteiger partial charge >= 0.3 is 0 Å². The van der Waals surface area contributed by atoms with Crippen LogP contribution in [0.3, 0.4) is 0 Å². The Morgan fingerprint density at radius 2 is 1.73 bits per heavy atom. The minimum absolute atomic E-state index is 0.00518. The number of halogens is 8. The fraction of sp³-hybridized carbons (Fsp3) is 0.262. The lowest BCUT2D eigenvalue weighted by molar-refractivity contribution is -0.123. The quantitative estimate of drug-likeness (QED) is 0.124. The molecule has 2 N–H and O–H groups in total. The van der Waals surface area contributed by atoms with E-state index in [-0.39, 0.29) is 61.7 Å². The van der Waals surface area contributed by atoms with E-state index in [4.69, 9.17) is 28.2 Å². The Balaban J connectivity index is 1.26. The van der Waals surface area contributed by atoms with Crippen LogP contribution in [0.4, 0.5) is 32.2 Å². The molecule has 0 unspecified atom stereocenters. The van der Waals surface area contributed by atoms with Crippen molar-refractivity contribution in [2.75, 3.05) is 11.0 Å². The number of nitrogens with one attached hydrogen (secondary N) is 2. The van der Waals surface area contributed by atoms with E-state index in [9.17, 15) is 30.8 Å². The first-order valence-corrected chi connectivity index (χ1v) is 21.8. The van der Waals surface area contributed by atoms with Crippen LogP contribution in [0.2, 0.25) is 10.0 Å². The first-order valence-electron chi connectivity index (χ1n) is 19.2. The SMILES string of the molecule is Cc1cc(Cl)ccc1-c1ccc2c(=O)n(-c3ccc(Cl)c4c(NS(C)(=O)=O)nn(C)c34)c([C@H](Cc3cc(F)cc(F)c3)NC(=O)Cn3nc(C(F)F)c4c3C(F)(F)[C@@H]3C[C@H]43)nc2c1. The van der Waals surface area contributed by atoms with Crippen LogP contribution in [-0.2, 0) is 40.8 Å². The zero-order chi connectivity index (χ0) is 45.0. The molecule has 3 heterocycles. The zero-order valence-corrected chi connectivity index (χ0v) is 35.4. The van der Waals surface area contributed by atoms with Gasteiger partial charge in [0.25, 0.3) is 17.9 Å². The van der Waals surface area contributed by atoms with Crippen LogP contribution >= 0.6 is 23.2 Å². The highest BCUT2D eigenvalue weighted by Crippen LogP contribution is 2.68. The van der Waals surface area contributed by atoms with E-state index in [1.165, 1.54) is 29.9 Å². The lowest BCUT2D eigenvalue weighted by Gasteiger charge is -2.24. The summed E-state index contributed by atoms with van der Waals surface area (Å²) in [7, 11) is -2.46. The molecular formula is C42H32Cl2F6N8O4S. The molecule has 1 amide bonds. The molecule has 1 fully saturated rings. The number of hydrogen-bond acceptors (Lipinski definition) is 7. The average molecular weight is 930 g/mol. The monoisotopic (exact) mass is 928 g/mol. The molecule has 0 bridgehead atoms. The first-order chi connectivity index (χ1) is 29.7. The summed E-state index contributed by atoms with van der Waals surface area (Å²) in [5.41, 5.74) is -0.322. The van der Waals surface area contributed by atoms with Gasteiger partial charge < -0.3 is 5.32 Å². The van der Waals surface area contributed by atoms with Crippen molar-refractivity contribution in [2.45, 2.75) is 50.6 Å². The Hall–Kier alpha value is -5.92. The summed E-state index contributed by atoms with van der Waals surface area (Å²) in [5, 5.41) is 11.4. The van der Waals surface area contributed by atoms with Crippen molar-refractivity contribution in [2.24, 2.45) is 13.0 Å². The van der Waals surface area contributed by atoms with E-state index in [1.54, 1.807) is 30.3 Å². The molecule has 9 rings (SSSR count). The zero-order valence-electron chi connectivity index (χ0n) is 33.0. The van der Waals surface area contributed by atoms with Crippen LogP contribution in [0, 0.1) is 24.5 Å². The summed E-state index contributed by atoms with van der Waals surface area (Å²) in [6.07, 6.45) is -2.77. The van der Waals surface area contributed by atoms with E-state index in [0.29, 0.717) is 21.3 Å². The Kier molecular flexibility index (Phi) is 10.2. The number of carbonyl (C=O) groups excluding carboxylic acids is 1. The van der Waals surface area contributed by atoms with Crippen molar-refractivity contribution in [1.82, 2.24) is 34.4 Å². The van der Waals surface area contributed by atoms with Gasteiger partial charge in [0.1, 0.15) is 35.4 Å². The van der Waals surface area contributed by atoms with Gasteiger partial charge in [0.15, 0.2) is 5.82 Å². The van der Waals surface area contributed by atoms with E-state index < -0.39 is 87.7 Å². The largest absolute Gasteiger partial charge is 0.344 e. The molecule has 326 valence electrons. The smallest absolute Gasteiger partial charge is 0.293 e. The van der Waals surface area contributed by atoms with Gasteiger partial charge in [-0.05, 0) is 90.0 Å². The van der Waals surface area contributed by atoms with Crippen molar-refractivity contribution in [1.29, 1.82) is 0 Å². The number of nitrogens with zero attached hydrogens (tertiary/aromatic N) is 6. The van der Waals surface area contributed by atoms with Gasteiger partial charge in [-0.15, -0.1) is 0 Å². The second kappa shape index (κ2) is 15.1. The third kappa shape index (κ3) is 7.48. The molecule has 21 heteroatoms. The Morgan fingerprint density at radius 3 is 2.41 bits per heavy atom. The van der Waals surface area contributed by atoms with Gasteiger partial charge in [0, 0.05) is 36.0 Å². The lowest BCUT2D eigenvalue weighted by atomic mass is 9.99. The summed E-state index contributed by atoms with van der Waals surface area (Å²) < 4.78 is 119. The van der Waals surface area contributed by atoms with Gasteiger partial charge in [-0.1, -0.05) is 35.3 Å². The maximum atomic E-state index is 15.5. The highest BCUT2D eigenvalue weighted by Gasteiger charge is 2.67. The highest BCUT2D eigenvalue weighted by molar-refractivity contribution is 7.92. The molecule has 1 saturated carbocycles. The molecular weight excluding hydrogens is 897 g/mol. The van der Waals surface area contributed by atoms with Crippen LogP contribution in [-0.4, -0.2) is 49.7 Å². The third-order valence-corrected chi connectivity index (χ3v) is 12.4. The number of rotatable bonds is 11. The minimum atomic E-state index is -3.91. The van der Waals surface area contributed by atoms with Crippen molar-refractivity contribution < 1.29 is 39.6 Å². The first kappa shape index (κ1) is 42.4. The van der Waals surface area contributed by atoms with Gasteiger partial charge in [-0.2, -0.15) is 19.0 Å². The summed E-state index contributed by atoms with van der Waals surface area (Å²) in [6.45, 7) is 0.847.